The van der Waals surface area contributed by atoms with Gasteiger partial charge in [-0.3, -0.25) is 4.79 Å². The quantitative estimate of drug-likeness (QED) is 0.114. The molecule has 0 fully saturated rings. The highest BCUT2D eigenvalue weighted by Gasteiger charge is 2.09. The lowest BCUT2D eigenvalue weighted by Gasteiger charge is -2.13. The molecule has 1 unspecified atom stereocenters. The second-order valence-electron chi connectivity index (χ2n) is 9.56. The van der Waals surface area contributed by atoms with Crippen LogP contribution in [0.5, 0.6) is 0 Å². The molecule has 1 atom stereocenters. The summed E-state index contributed by atoms with van der Waals surface area (Å²) in [5, 5.41) is 0. The number of hydrogen-bond donors (Lipinski definition) is 0. The van der Waals surface area contributed by atoms with E-state index in [2.05, 4.69) is 20.8 Å². The fourth-order valence-corrected chi connectivity index (χ4v) is 4.20. The smallest absolute Gasteiger partial charge is 0.306 e. The minimum Gasteiger partial charge on any atom is -0.463 e. The van der Waals surface area contributed by atoms with Gasteiger partial charge in [0.1, 0.15) is 0 Å². The number of carbonyl (C=O) groups is 1. The Morgan fingerprint density at radius 1 is 0.533 bits per heavy atom. The number of ether oxygens (including phenoxy) is 1. The minimum absolute atomic E-state index is 0.0190. The fraction of sp³-hybridized carbons (Fsp3) is 0.964. The Labute approximate surface area is 190 Å². The van der Waals surface area contributed by atoms with Gasteiger partial charge in [0.15, 0.2) is 0 Å². The van der Waals surface area contributed by atoms with Gasteiger partial charge in [-0.1, -0.05) is 136 Å². The predicted octanol–water partition coefficient (Wildman–Crippen LogP) is 9.93. The van der Waals surface area contributed by atoms with E-state index < -0.39 is 0 Å². The molecule has 0 heterocycles. The number of rotatable bonds is 24. The molecular weight excluding hydrogens is 368 g/mol. The van der Waals surface area contributed by atoms with Crippen molar-refractivity contribution in [2.75, 3.05) is 0 Å². The van der Waals surface area contributed by atoms with E-state index in [1.165, 1.54) is 128 Å². The van der Waals surface area contributed by atoms with Crippen molar-refractivity contribution in [2.45, 2.75) is 175 Å². The first-order valence-electron chi connectivity index (χ1n) is 13.9. The molecule has 0 aliphatic heterocycles. The maximum absolute atomic E-state index is 12.0. The van der Waals surface area contributed by atoms with Crippen LogP contribution in [0.1, 0.15) is 168 Å². The largest absolute Gasteiger partial charge is 0.463 e. The first kappa shape index (κ1) is 29.5. The Kier molecular flexibility index (Phi) is 24.3. The van der Waals surface area contributed by atoms with Gasteiger partial charge in [-0.2, -0.15) is 0 Å². The van der Waals surface area contributed by atoms with E-state index >= 15 is 0 Å². The Morgan fingerprint density at radius 3 is 1.27 bits per heavy atom. The monoisotopic (exact) mass is 424 g/mol. The molecule has 0 aromatic carbocycles. The Morgan fingerprint density at radius 2 is 0.867 bits per heavy atom. The zero-order valence-corrected chi connectivity index (χ0v) is 21.2. The fourth-order valence-electron chi connectivity index (χ4n) is 4.20. The first-order valence-corrected chi connectivity index (χ1v) is 13.9. The lowest BCUT2D eigenvalue weighted by molar-refractivity contribution is -0.148. The zero-order valence-electron chi connectivity index (χ0n) is 21.2. The predicted molar refractivity (Wildman–Crippen MR) is 133 cm³/mol. The van der Waals surface area contributed by atoms with Crippen molar-refractivity contribution in [2.24, 2.45) is 0 Å². The third-order valence-electron chi connectivity index (χ3n) is 6.28. The van der Waals surface area contributed by atoms with Crippen molar-refractivity contribution in [1.82, 2.24) is 0 Å². The van der Waals surface area contributed by atoms with E-state index in [9.17, 15) is 4.79 Å². The summed E-state index contributed by atoms with van der Waals surface area (Å²) < 4.78 is 5.59. The van der Waals surface area contributed by atoms with Crippen LogP contribution in [0, 0.1) is 0 Å². The summed E-state index contributed by atoms with van der Waals surface area (Å²) in [7, 11) is 0. The molecule has 30 heavy (non-hydrogen) atoms. The van der Waals surface area contributed by atoms with E-state index in [1.807, 2.05) is 0 Å². The van der Waals surface area contributed by atoms with Crippen LogP contribution in [-0.4, -0.2) is 12.1 Å². The molecule has 0 saturated heterocycles. The van der Waals surface area contributed by atoms with Gasteiger partial charge >= 0.3 is 5.97 Å². The van der Waals surface area contributed by atoms with Gasteiger partial charge in [-0.05, 0) is 26.2 Å². The summed E-state index contributed by atoms with van der Waals surface area (Å²) in [6, 6.07) is 0. The molecule has 0 aliphatic rings. The summed E-state index contributed by atoms with van der Waals surface area (Å²) in [6.45, 7) is 6.61. The summed E-state index contributed by atoms with van der Waals surface area (Å²) in [5.74, 6) is 0.0190. The Bertz CT molecular complexity index is 340. The van der Waals surface area contributed by atoms with E-state index in [1.54, 1.807) is 0 Å². The van der Waals surface area contributed by atoms with Gasteiger partial charge in [0, 0.05) is 6.42 Å². The number of unbranched alkanes of at least 4 members (excludes halogenated alkanes) is 19. The Balaban J connectivity index is 3.30. The Hall–Kier alpha value is -0.530. The summed E-state index contributed by atoms with van der Waals surface area (Å²) >= 11 is 0. The zero-order chi connectivity index (χ0) is 22.1. The van der Waals surface area contributed by atoms with E-state index in [4.69, 9.17) is 4.74 Å². The van der Waals surface area contributed by atoms with Crippen molar-refractivity contribution >= 4 is 5.97 Å². The second-order valence-corrected chi connectivity index (χ2v) is 9.56. The van der Waals surface area contributed by atoms with Crippen LogP contribution < -0.4 is 0 Å². The summed E-state index contributed by atoms with van der Waals surface area (Å²) in [5.41, 5.74) is 0. The van der Waals surface area contributed by atoms with Crippen molar-refractivity contribution in [3.63, 3.8) is 0 Å². The number of esters is 1. The van der Waals surface area contributed by atoms with E-state index in [0.29, 0.717) is 6.42 Å². The van der Waals surface area contributed by atoms with Gasteiger partial charge < -0.3 is 4.74 Å². The molecule has 0 radical (unpaired) electrons. The first-order chi connectivity index (χ1) is 14.7. The lowest BCUT2D eigenvalue weighted by Crippen LogP contribution is -2.14. The third-order valence-corrected chi connectivity index (χ3v) is 6.28. The molecule has 2 nitrogen and oxygen atoms in total. The average Bonchev–Trinajstić information content (AvgIpc) is 2.73. The highest BCUT2D eigenvalue weighted by Crippen LogP contribution is 2.15. The van der Waals surface area contributed by atoms with Crippen LogP contribution >= 0.6 is 0 Å². The van der Waals surface area contributed by atoms with Crippen LogP contribution in [0.25, 0.3) is 0 Å². The van der Waals surface area contributed by atoms with Crippen LogP contribution in [0.3, 0.4) is 0 Å². The van der Waals surface area contributed by atoms with E-state index in [0.717, 1.165) is 12.8 Å². The SMILES string of the molecule is CCCCCCCCCCCCCC(=O)OC(C)CCCCCCCCCCCC. The molecule has 0 aliphatic carbocycles. The standard InChI is InChI=1S/C28H56O2/c1-4-6-8-10-12-14-16-18-20-22-24-26-28(29)30-27(3)25-23-21-19-17-15-13-11-9-7-5-2/h27H,4-26H2,1-3H3. The minimum atomic E-state index is 0.0190. The van der Waals surface area contributed by atoms with Crippen LogP contribution in [0.2, 0.25) is 0 Å². The summed E-state index contributed by atoms with van der Waals surface area (Å²) in [4.78, 5) is 12.0. The molecule has 0 aromatic rings. The van der Waals surface area contributed by atoms with Crippen LogP contribution in [-0.2, 0) is 9.53 Å². The third kappa shape index (κ3) is 23.7. The molecule has 180 valence electrons. The molecule has 0 rings (SSSR count). The lowest BCUT2D eigenvalue weighted by atomic mass is 10.0. The van der Waals surface area contributed by atoms with Gasteiger partial charge in [-0.15, -0.1) is 0 Å². The average molecular weight is 425 g/mol. The van der Waals surface area contributed by atoms with Crippen molar-refractivity contribution in [3.05, 3.63) is 0 Å². The molecule has 2 heteroatoms. The molecule has 0 spiro atoms. The maximum atomic E-state index is 12.0. The highest BCUT2D eigenvalue weighted by molar-refractivity contribution is 5.69. The molecule has 0 saturated carbocycles. The maximum Gasteiger partial charge on any atom is 0.306 e. The molecule has 0 amide bonds. The van der Waals surface area contributed by atoms with Gasteiger partial charge in [0.05, 0.1) is 6.10 Å². The number of carbonyl (C=O) groups excluding carboxylic acids is 1. The van der Waals surface area contributed by atoms with Crippen LogP contribution in [0.15, 0.2) is 0 Å². The van der Waals surface area contributed by atoms with Gasteiger partial charge in [0.25, 0.3) is 0 Å². The summed E-state index contributed by atoms with van der Waals surface area (Å²) in [6.07, 6.45) is 29.8. The van der Waals surface area contributed by atoms with E-state index in [-0.39, 0.29) is 12.1 Å². The highest BCUT2D eigenvalue weighted by atomic mass is 16.5. The normalized spacial score (nSPS) is 12.2. The van der Waals surface area contributed by atoms with Gasteiger partial charge in [0.2, 0.25) is 0 Å². The molecule has 0 bridgehead atoms. The second kappa shape index (κ2) is 24.7. The molecule has 0 aromatic heterocycles. The van der Waals surface area contributed by atoms with Crippen molar-refractivity contribution < 1.29 is 9.53 Å². The van der Waals surface area contributed by atoms with Crippen molar-refractivity contribution in [1.29, 1.82) is 0 Å². The van der Waals surface area contributed by atoms with Crippen LogP contribution in [0.4, 0.5) is 0 Å². The number of hydrogen-bond acceptors (Lipinski definition) is 2. The topological polar surface area (TPSA) is 26.3 Å². The van der Waals surface area contributed by atoms with Crippen molar-refractivity contribution in [3.8, 4) is 0 Å². The molecule has 0 N–H and O–H groups in total. The molecular formula is C28H56O2. The van der Waals surface area contributed by atoms with Gasteiger partial charge in [-0.25, -0.2) is 0 Å².